The lowest BCUT2D eigenvalue weighted by Crippen LogP contribution is -2.38. The molecule has 0 aliphatic rings. The number of nitrogens with one attached hydrogen (secondary N) is 2. The number of rotatable bonds is 6. The van der Waals surface area contributed by atoms with Gasteiger partial charge in [-0.15, -0.1) is 11.3 Å². The molecule has 2 rings (SSSR count). The number of thiazole rings is 1. The van der Waals surface area contributed by atoms with Gasteiger partial charge in [-0.05, 0) is 27.7 Å². The van der Waals surface area contributed by atoms with E-state index in [-0.39, 0.29) is 0 Å². The molecule has 6 nitrogen and oxygen atoms in total. The van der Waals surface area contributed by atoms with Crippen molar-refractivity contribution in [1.82, 2.24) is 25.4 Å². The van der Waals surface area contributed by atoms with Crippen molar-refractivity contribution >= 4 is 17.3 Å². The van der Waals surface area contributed by atoms with Gasteiger partial charge in [-0.3, -0.25) is 4.68 Å². The maximum atomic E-state index is 4.68. The summed E-state index contributed by atoms with van der Waals surface area (Å²) in [6.45, 7) is 10.5. The van der Waals surface area contributed by atoms with Crippen molar-refractivity contribution in [3.63, 3.8) is 0 Å². The van der Waals surface area contributed by atoms with E-state index < -0.39 is 0 Å². The Labute approximate surface area is 142 Å². The van der Waals surface area contributed by atoms with Crippen molar-refractivity contribution in [3.8, 4) is 0 Å². The molecule has 2 N–H and O–H groups in total. The summed E-state index contributed by atoms with van der Waals surface area (Å²) in [4.78, 5) is 9.16. The van der Waals surface area contributed by atoms with Crippen molar-refractivity contribution in [3.05, 3.63) is 33.0 Å². The number of aromatic nitrogens is 3. The zero-order chi connectivity index (χ0) is 16.8. The van der Waals surface area contributed by atoms with Crippen LogP contribution >= 0.6 is 11.3 Å². The van der Waals surface area contributed by atoms with Crippen LogP contribution in [0.2, 0.25) is 0 Å². The van der Waals surface area contributed by atoms with Crippen molar-refractivity contribution in [2.45, 2.75) is 40.7 Å². The summed E-state index contributed by atoms with van der Waals surface area (Å²) in [5.41, 5.74) is 4.54. The Morgan fingerprint density at radius 2 is 2.09 bits per heavy atom. The summed E-state index contributed by atoms with van der Waals surface area (Å²) < 4.78 is 1.91. The number of aliphatic imine (C=N–C) groups is 1. The van der Waals surface area contributed by atoms with Gasteiger partial charge in [0.25, 0.3) is 0 Å². The van der Waals surface area contributed by atoms with Gasteiger partial charge < -0.3 is 10.6 Å². The van der Waals surface area contributed by atoms with E-state index in [1.54, 1.807) is 11.3 Å². The van der Waals surface area contributed by atoms with Crippen LogP contribution in [0.3, 0.4) is 0 Å². The molecular weight excluding hydrogens is 308 g/mol. The molecule has 0 aromatic carbocycles. The van der Waals surface area contributed by atoms with Gasteiger partial charge in [0.1, 0.15) is 0 Å². The van der Waals surface area contributed by atoms with E-state index in [1.807, 2.05) is 25.6 Å². The van der Waals surface area contributed by atoms with Crippen LogP contribution in [0.4, 0.5) is 0 Å². The quantitative estimate of drug-likeness (QED) is 0.627. The SMILES string of the molecule is CCNC(=NCc1c(C)nn(C)c1C)NCCc1csc(C)n1. The van der Waals surface area contributed by atoms with Crippen LogP contribution in [0.25, 0.3) is 0 Å². The van der Waals surface area contributed by atoms with Crippen LogP contribution in [0.15, 0.2) is 10.4 Å². The summed E-state index contributed by atoms with van der Waals surface area (Å²) in [7, 11) is 1.97. The molecule has 7 heteroatoms. The van der Waals surface area contributed by atoms with Gasteiger partial charge in [0.05, 0.1) is 22.9 Å². The Hall–Kier alpha value is -1.89. The van der Waals surface area contributed by atoms with Gasteiger partial charge in [0.2, 0.25) is 0 Å². The highest BCUT2D eigenvalue weighted by atomic mass is 32.1. The standard InChI is InChI=1S/C16H26N6S/c1-6-17-16(18-8-7-14-10-23-13(4)20-14)19-9-15-11(2)21-22(5)12(15)3/h10H,6-9H2,1-5H3,(H2,17,18,19). The van der Waals surface area contributed by atoms with Crippen LogP contribution in [0, 0.1) is 20.8 Å². The number of nitrogens with zero attached hydrogens (tertiary/aromatic N) is 4. The van der Waals surface area contributed by atoms with E-state index >= 15 is 0 Å². The summed E-state index contributed by atoms with van der Waals surface area (Å²) in [5.74, 6) is 0.835. The summed E-state index contributed by atoms with van der Waals surface area (Å²) >= 11 is 1.69. The third-order valence-corrected chi connectivity index (χ3v) is 4.56. The zero-order valence-electron chi connectivity index (χ0n) is 14.6. The van der Waals surface area contributed by atoms with E-state index in [2.05, 4.69) is 44.9 Å². The topological polar surface area (TPSA) is 67.1 Å². The second-order valence-corrected chi connectivity index (χ2v) is 6.57. The fourth-order valence-electron chi connectivity index (χ4n) is 2.38. The predicted molar refractivity (Wildman–Crippen MR) is 96.1 cm³/mol. The maximum Gasteiger partial charge on any atom is 0.191 e. The number of hydrogen-bond acceptors (Lipinski definition) is 4. The first-order chi connectivity index (χ1) is 11.0. The van der Waals surface area contributed by atoms with Crippen LogP contribution in [-0.2, 0) is 20.0 Å². The number of hydrogen-bond donors (Lipinski definition) is 2. The number of aryl methyl sites for hydroxylation is 3. The van der Waals surface area contributed by atoms with E-state index in [1.165, 1.54) is 11.3 Å². The van der Waals surface area contributed by atoms with Gasteiger partial charge in [-0.1, -0.05) is 0 Å². The van der Waals surface area contributed by atoms with Gasteiger partial charge in [0.15, 0.2) is 5.96 Å². The first kappa shape index (κ1) is 17.5. The Kier molecular flexibility index (Phi) is 6.15. The summed E-state index contributed by atoms with van der Waals surface area (Å²) in [6, 6.07) is 0. The minimum Gasteiger partial charge on any atom is -0.357 e. The molecule has 2 heterocycles. The third-order valence-electron chi connectivity index (χ3n) is 3.74. The zero-order valence-corrected chi connectivity index (χ0v) is 15.4. The predicted octanol–water partition coefficient (Wildman–Crippen LogP) is 2.10. The van der Waals surface area contributed by atoms with Crippen molar-refractivity contribution in [1.29, 1.82) is 0 Å². The summed E-state index contributed by atoms with van der Waals surface area (Å²) in [5, 5.41) is 14.3. The molecule has 0 atom stereocenters. The Balaban J connectivity index is 1.94. The molecule has 2 aromatic rings. The minimum atomic E-state index is 0.636. The minimum absolute atomic E-state index is 0.636. The fourth-order valence-corrected chi connectivity index (χ4v) is 3.03. The van der Waals surface area contributed by atoms with Gasteiger partial charge in [-0.2, -0.15) is 5.10 Å². The molecule has 0 aliphatic heterocycles. The van der Waals surface area contributed by atoms with Crippen molar-refractivity contribution in [2.75, 3.05) is 13.1 Å². The highest BCUT2D eigenvalue weighted by molar-refractivity contribution is 7.09. The van der Waals surface area contributed by atoms with Crippen LogP contribution in [-0.4, -0.2) is 33.8 Å². The number of guanidine groups is 1. The first-order valence-corrected chi connectivity index (χ1v) is 8.81. The molecule has 0 saturated carbocycles. The molecule has 2 aromatic heterocycles. The lowest BCUT2D eigenvalue weighted by molar-refractivity contribution is 0.729. The van der Waals surface area contributed by atoms with Gasteiger partial charge in [0, 0.05) is 43.2 Å². The molecule has 0 amide bonds. The van der Waals surface area contributed by atoms with Gasteiger partial charge >= 0.3 is 0 Å². The van der Waals surface area contributed by atoms with Crippen LogP contribution < -0.4 is 10.6 Å². The molecule has 0 bridgehead atoms. The van der Waals surface area contributed by atoms with E-state index in [0.717, 1.165) is 41.9 Å². The van der Waals surface area contributed by atoms with E-state index in [0.29, 0.717) is 6.54 Å². The Morgan fingerprint density at radius 1 is 1.30 bits per heavy atom. The fraction of sp³-hybridized carbons (Fsp3) is 0.562. The molecule has 126 valence electrons. The maximum absolute atomic E-state index is 4.68. The van der Waals surface area contributed by atoms with Crippen molar-refractivity contribution in [2.24, 2.45) is 12.0 Å². The molecule has 0 unspecified atom stereocenters. The Morgan fingerprint density at radius 3 is 2.65 bits per heavy atom. The smallest absolute Gasteiger partial charge is 0.191 e. The second kappa shape index (κ2) is 8.10. The van der Waals surface area contributed by atoms with E-state index in [9.17, 15) is 0 Å². The molecule has 0 spiro atoms. The average Bonchev–Trinajstić information content (AvgIpc) is 3.01. The molecule has 0 saturated heterocycles. The highest BCUT2D eigenvalue weighted by Gasteiger charge is 2.09. The lowest BCUT2D eigenvalue weighted by Gasteiger charge is -2.10. The highest BCUT2D eigenvalue weighted by Crippen LogP contribution is 2.12. The van der Waals surface area contributed by atoms with Crippen LogP contribution in [0.1, 0.15) is 34.6 Å². The lowest BCUT2D eigenvalue weighted by atomic mass is 10.2. The molecular formula is C16H26N6S. The monoisotopic (exact) mass is 334 g/mol. The van der Waals surface area contributed by atoms with E-state index in [4.69, 9.17) is 0 Å². The van der Waals surface area contributed by atoms with Crippen molar-refractivity contribution < 1.29 is 0 Å². The largest absolute Gasteiger partial charge is 0.357 e. The molecule has 23 heavy (non-hydrogen) atoms. The molecule has 0 radical (unpaired) electrons. The average molecular weight is 334 g/mol. The molecule has 0 fully saturated rings. The first-order valence-electron chi connectivity index (χ1n) is 7.93. The second-order valence-electron chi connectivity index (χ2n) is 5.50. The Bertz CT molecular complexity index is 670. The van der Waals surface area contributed by atoms with Gasteiger partial charge in [-0.25, -0.2) is 9.98 Å². The normalized spacial score (nSPS) is 11.8. The third kappa shape index (κ3) is 4.79. The summed E-state index contributed by atoms with van der Waals surface area (Å²) in [6.07, 6.45) is 0.902. The van der Waals surface area contributed by atoms with Crippen LogP contribution in [0.5, 0.6) is 0 Å². The molecule has 0 aliphatic carbocycles.